The van der Waals surface area contributed by atoms with Crippen LogP contribution in [0.2, 0.25) is 16.4 Å². The van der Waals surface area contributed by atoms with Crippen LogP contribution in [0, 0.1) is 5.92 Å². The van der Waals surface area contributed by atoms with Crippen molar-refractivity contribution in [3.8, 4) is 0 Å². The van der Waals surface area contributed by atoms with Gasteiger partial charge in [0.15, 0.2) is 0 Å². The Morgan fingerprint density at radius 3 is 2.58 bits per heavy atom. The number of carbonyl (C=O) groups is 1. The van der Waals surface area contributed by atoms with Gasteiger partial charge in [-0.15, -0.1) is 37.2 Å². The second kappa shape index (κ2) is 13.0. The minimum Gasteiger partial charge on any atom is -0.480 e. The molecular formula is C18H29BCl5N3O4. The molecule has 0 amide bonds. The summed E-state index contributed by atoms with van der Waals surface area (Å²) >= 11 is 12.4. The summed E-state index contributed by atoms with van der Waals surface area (Å²) in [6.45, 7) is 2.18. The van der Waals surface area contributed by atoms with Crippen molar-refractivity contribution in [3.63, 3.8) is 0 Å². The second-order valence-electron chi connectivity index (χ2n) is 7.96. The van der Waals surface area contributed by atoms with Gasteiger partial charge in [-0.1, -0.05) is 29.6 Å². The van der Waals surface area contributed by atoms with Crippen LogP contribution in [0.3, 0.4) is 0 Å². The van der Waals surface area contributed by atoms with E-state index >= 15 is 0 Å². The van der Waals surface area contributed by atoms with E-state index in [9.17, 15) is 9.90 Å². The molecule has 7 nitrogen and oxygen atoms in total. The molecule has 2 aliphatic rings. The molecular weight excluding hydrogens is 510 g/mol. The molecule has 0 saturated carbocycles. The van der Waals surface area contributed by atoms with E-state index in [-0.39, 0.29) is 62.0 Å². The van der Waals surface area contributed by atoms with Crippen molar-refractivity contribution < 1.29 is 19.9 Å². The smallest absolute Gasteiger partial charge is 0.451 e. The lowest BCUT2D eigenvalue weighted by atomic mass is 9.78. The van der Waals surface area contributed by atoms with Crippen molar-refractivity contribution in [1.82, 2.24) is 10.2 Å². The molecule has 1 fully saturated rings. The van der Waals surface area contributed by atoms with E-state index in [1.807, 2.05) is 6.07 Å². The number of aliphatic carboxylic acids is 1. The number of benzene rings is 1. The zero-order chi connectivity index (χ0) is 20.5. The molecule has 0 aliphatic carbocycles. The normalized spacial score (nSPS) is 24.9. The molecule has 13 heteroatoms. The van der Waals surface area contributed by atoms with E-state index in [1.165, 1.54) is 0 Å². The highest BCUT2D eigenvalue weighted by Gasteiger charge is 2.49. The van der Waals surface area contributed by atoms with E-state index in [1.54, 1.807) is 6.07 Å². The van der Waals surface area contributed by atoms with Crippen LogP contribution in [0.25, 0.3) is 0 Å². The Labute approximate surface area is 211 Å². The van der Waals surface area contributed by atoms with Crippen LogP contribution < -0.4 is 11.1 Å². The number of fused-ring (bicyclic) bond motifs is 1. The van der Waals surface area contributed by atoms with Gasteiger partial charge in [0, 0.05) is 48.2 Å². The minimum atomic E-state index is -1.38. The number of likely N-dealkylation sites (tertiary alicyclic amines) is 1. The summed E-state index contributed by atoms with van der Waals surface area (Å²) in [4.78, 5) is 13.9. The van der Waals surface area contributed by atoms with Crippen molar-refractivity contribution in [2.75, 3.05) is 19.6 Å². The van der Waals surface area contributed by atoms with E-state index in [2.05, 4.69) is 10.2 Å². The largest absolute Gasteiger partial charge is 0.480 e. The molecule has 1 aromatic carbocycles. The Balaban J connectivity index is 0.00000300. The molecule has 0 bridgehead atoms. The highest BCUT2D eigenvalue weighted by atomic mass is 35.5. The Kier molecular flexibility index (Phi) is 13.0. The fourth-order valence-corrected chi connectivity index (χ4v) is 4.98. The Bertz CT molecular complexity index is 748. The number of nitrogens with one attached hydrogen (secondary N) is 1. The summed E-state index contributed by atoms with van der Waals surface area (Å²) < 4.78 is 0. The monoisotopic (exact) mass is 537 g/mol. The van der Waals surface area contributed by atoms with Crippen molar-refractivity contribution in [2.24, 2.45) is 11.7 Å². The van der Waals surface area contributed by atoms with Gasteiger partial charge in [-0.2, -0.15) is 0 Å². The fourth-order valence-electron chi connectivity index (χ4n) is 4.37. The first kappa shape index (κ1) is 31.0. The van der Waals surface area contributed by atoms with Gasteiger partial charge in [-0.05, 0) is 42.4 Å². The second-order valence-corrected chi connectivity index (χ2v) is 8.80. The highest BCUT2D eigenvalue weighted by molar-refractivity contribution is 6.40. The molecule has 31 heavy (non-hydrogen) atoms. The lowest BCUT2D eigenvalue weighted by molar-refractivity contribution is -0.144. The summed E-state index contributed by atoms with van der Waals surface area (Å²) in [5.41, 5.74) is 7.11. The van der Waals surface area contributed by atoms with Crippen molar-refractivity contribution in [1.29, 1.82) is 0 Å². The van der Waals surface area contributed by atoms with Crippen LogP contribution >= 0.6 is 60.4 Å². The van der Waals surface area contributed by atoms with E-state index in [0.717, 1.165) is 17.5 Å². The molecule has 3 atom stereocenters. The van der Waals surface area contributed by atoms with Gasteiger partial charge in [-0.3, -0.25) is 9.69 Å². The molecule has 178 valence electrons. The molecule has 6 N–H and O–H groups in total. The fraction of sp³-hybridized carbons (Fsp3) is 0.611. The first-order valence-electron chi connectivity index (χ1n) is 9.50. The number of nitrogens with two attached hydrogens (primary N) is 1. The predicted octanol–water partition coefficient (Wildman–Crippen LogP) is 2.24. The van der Waals surface area contributed by atoms with Crippen LogP contribution in [0.4, 0.5) is 0 Å². The number of rotatable bonds is 7. The topological polar surface area (TPSA) is 119 Å². The lowest BCUT2D eigenvalue weighted by Gasteiger charge is -2.30. The van der Waals surface area contributed by atoms with Gasteiger partial charge in [0.2, 0.25) is 0 Å². The zero-order valence-corrected chi connectivity index (χ0v) is 20.8. The third kappa shape index (κ3) is 7.50. The molecule has 2 heterocycles. The number of hydrogen-bond donors (Lipinski definition) is 5. The van der Waals surface area contributed by atoms with Crippen LogP contribution in [0.15, 0.2) is 12.1 Å². The van der Waals surface area contributed by atoms with Gasteiger partial charge in [0.25, 0.3) is 0 Å². The first-order valence-corrected chi connectivity index (χ1v) is 10.3. The number of hydrogen-bond acceptors (Lipinski definition) is 6. The quantitative estimate of drug-likeness (QED) is 0.337. The zero-order valence-electron chi connectivity index (χ0n) is 16.8. The molecule has 0 aromatic heterocycles. The maximum absolute atomic E-state index is 11.8. The predicted molar refractivity (Wildman–Crippen MR) is 131 cm³/mol. The average molecular weight is 540 g/mol. The maximum atomic E-state index is 11.8. The summed E-state index contributed by atoms with van der Waals surface area (Å²) in [6, 6.07) is 3.81. The average Bonchev–Trinajstić information content (AvgIpc) is 2.92. The maximum Gasteiger partial charge on any atom is 0.451 e. The summed E-state index contributed by atoms with van der Waals surface area (Å²) in [6.07, 6.45) is 2.03. The van der Waals surface area contributed by atoms with Crippen LogP contribution in [-0.4, -0.2) is 64.4 Å². The standard InChI is InChI=1S/C18H26BCl2N3O4.3ClH/c20-13-4-11-7-23-14(6-15(11)16(21)5-13)9-24-8-12(2-1-3-19(27)28)18(22,10-24)17(25)26;;;/h4-5,12,14,23,27-28H,1-3,6-10,22H2,(H,25,26);3*1H/t12-,14?,18-;;;/m0.../s1. The summed E-state index contributed by atoms with van der Waals surface area (Å²) in [7, 11) is -1.38. The van der Waals surface area contributed by atoms with E-state index < -0.39 is 18.6 Å². The number of halogens is 5. The van der Waals surface area contributed by atoms with E-state index in [0.29, 0.717) is 42.5 Å². The van der Waals surface area contributed by atoms with Gasteiger partial charge >= 0.3 is 13.1 Å². The number of carboxylic acids is 1. The third-order valence-electron chi connectivity index (χ3n) is 5.87. The van der Waals surface area contributed by atoms with Crippen LogP contribution in [0.5, 0.6) is 0 Å². The molecule has 1 saturated heterocycles. The van der Waals surface area contributed by atoms with Gasteiger partial charge in [0.05, 0.1) is 0 Å². The molecule has 0 spiro atoms. The van der Waals surface area contributed by atoms with Crippen molar-refractivity contribution >= 4 is 73.5 Å². The molecule has 2 aliphatic heterocycles. The Morgan fingerprint density at radius 2 is 1.97 bits per heavy atom. The molecule has 1 aromatic rings. The number of carboxylic acid groups (broad SMARTS) is 1. The SMILES string of the molecule is Cl.Cl.Cl.N[C@@]1(C(=O)O)CN(CC2Cc3c(Cl)cc(Cl)cc3CN2)C[C@@H]1CCCB(O)O. The van der Waals surface area contributed by atoms with Gasteiger partial charge < -0.3 is 26.2 Å². The Morgan fingerprint density at radius 1 is 1.29 bits per heavy atom. The Hall–Kier alpha value is 0.00494. The first-order chi connectivity index (χ1) is 13.2. The lowest BCUT2D eigenvalue weighted by Crippen LogP contribution is -2.55. The minimum absolute atomic E-state index is 0. The van der Waals surface area contributed by atoms with E-state index in [4.69, 9.17) is 39.0 Å². The summed E-state index contributed by atoms with van der Waals surface area (Å²) in [5.74, 6) is -1.24. The number of nitrogens with zero attached hydrogens (tertiary/aromatic N) is 1. The van der Waals surface area contributed by atoms with Crippen molar-refractivity contribution in [3.05, 3.63) is 33.3 Å². The van der Waals surface area contributed by atoms with Crippen LogP contribution in [-0.2, 0) is 17.8 Å². The summed E-state index contributed by atoms with van der Waals surface area (Å²) in [5, 5.41) is 32.5. The van der Waals surface area contributed by atoms with Crippen molar-refractivity contribution in [2.45, 2.75) is 43.7 Å². The molecule has 0 radical (unpaired) electrons. The van der Waals surface area contributed by atoms with Gasteiger partial charge in [-0.25, -0.2) is 0 Å². The molecule has 1 unspecified atom stereocenters. The third-order valence-corrected chi connectivity index (χ3v) is 6.42. The van der Waals surface area contributed by atoms with Gasteiger partial charge in [0.1, 0.15) is 5.54 Å². The molecule has 3 rings (SSSR count). The van der Waals surface area contributed by atoms with Crippen LogP contribution in [0.1, 0.15) is 24.0 Å². The highest BCUT2D eigenvalue weighted by Crippen LogP contribution is 2.32.